The van der Waals surface area contributed by atoms with E-state index in [1.807, 2.05) is 56.0 Å². The number of nitrogens with zero attached hydrogens (tertiary/aromatic N) is 7. The van der Waals surface area contributed by atoms with Gasteiger partial charge in [-0.2, -0.15) is 10.4 Å². The van der Waals surface area contributed by atoms with Gasteiger partial charge in [-0.15, -0.1) is 0 Å². The van der Waals surface area contributed by atoms with E-state index in [1.54, 1.807) is 6.07 Å². The lowest BCUT2D eigenvalue weighted by atomic mass is 9.99. The molecule has 0 aliphatic carbocycles. The molecular weight excluding hydrogens is 472 g/mol. The van der Waals surface area contributed by atoms with Gasteiger partial charge in [0.1, 0.15) is 16.8 Å². The van der Waals surface area contributed by atoms with Crippen molar-refractivity contribution in [2.45, 2.75) is 40.2 Å². The molecule has 0 radical (unpaired) electrons. The van der Waals surface area contributed by atoms with E-state index in [1.165, 1.54) is 5.56 Å². The second-order valence-corrected chi connectivity index (χ2v) is 9.45. The fourth-order valence-electron chi connectivity index (χ4n) is 4.28. The quantitative estimate of drug-likeness (QED) is 0.117. The van der Waals surface area contributed by atoms with Crippen molar-refractivity contribution in [1.29, 1.82) is 5.26 Å². The summed E-state index contributed by atoms with van der Waals surface area (Å²) in [4.78, 5) is 16.0. The third kappa shape index (κ3) is 5.64. The molecule has 0 saturated heterocycles. The summed E-state index contributed by atoms with van der Waals surface area (Å²) in [5, 5.41) is 18.3. The number of nitriles is 1. The van der Waals surface area contributed by atoms with Gasteiger partial charge < -0.3 is 4.90 Å². The van der Waals surface area contributed by atoms with Crippen molar-refractivity contribution < 1.29 is 0 Å². The number of hydrogen-bond donors (Lipinski definition) is 1. The molecule has 0 atom stereocenters. The predicted molar refractivity (Wildman–Crippen MR) is 145 cm³/mol. The van der Waals surface area contributed by atoms with E-state index in [0.29, 0.717) is 29.8 Å². The SMILES string of the molecule is Cc1cc(N=C(CN(Cc2ccccc2)c2cc(C(C)C)c3c(C)nn(C)c3n2)NC#N)cc(Cl)n1. The first-order valence-corrected chi connectivity index (χ1v) is 12.1. The highest BCUT2D eigenvalue weighted by Crippen LogP contribution is 2.31. The lowest BCUT2D eigenvalue weighted by Gasteiger charge is -2.25. The molecule has 0 bridgehead atoms. The number of benzene rings is 1. The topological polar surface area (TPSA) is 95.0 Å². The number of fused-ring (bicyclic) bond motifs is 1. The number of nitrogens with one attached hydrogen (secondary N) is 1. The molecule has 0 saturated carbocycles. The average molecular weight is 501 g/mol. The number of amidine groups is 1. The van der Waals surface area contributed by atoms with Gasteiger partial charge in [0.2, 0.25) is 0 Å². The Kier molecular flexibility index (Phi) is 7.51. The minimum Gasteiger partial charge on any atom is -0.345 e. The van der Waals surface area contributed by atoms with Crippen molar-refractivity contribution in [3.63, 3.8) is 0 Å². The predicted octanol–water partition coefficient (Wildman–Crippen LogP) is 5.56. The summed E-state index contributed by atoms with van der Waals surface area (Å²) in [6, 6.07) is 15.8. The molecule has 8 nitrogen and oxygen atoms in total. The molecule has 0 aliphatic heterocycles. The van der Waals surface area contributed by atoms with Crippen LogP contribution in [0.15, 0.2) is 53.5 Å². The molecule has 36 heavy (non-hydrogen) atoms. The number of aliphatic imine (C=N–C) groups is 1. The summed E-state index contributed by atoms with van der Waals surface area (Å²) in [7, 11) is 1.91. The number of aromatic nitrogens is 4. The van der Waals surface area contributed by atoms with E-state index in [2.05, 4.69) is 52.3 Å². The van der Waals surface area contributed by atoms with Crippen LogP contribution in [0.25, 0.3) is 11.0 Å². The van der Waals surface area contributed by atoms with Gasteiger partial charge in [-0.3, -0.25) is 10.00 Å². The number of halogens is 1. The Bertz CT molecular complexity index is 1430. The Balaban J connectivity index is 1.83. The monoisotopic (exact) mass is 500 g/mol. The number of pyridine rings is 2. The molecule has 0 spiro atoms. The molecule has 1 N–H and O–H groups in total. The molecule has 1 aromatic carbocycles. The molecule has 0 aliphatic rings. The molecule has 0 unspecified atom stereocenters. The van der Waals surface area contributed by atoms with Crippen LogP contribution in [0.5, 0.6) is 0 Å². The second-order valence-electron chi connectivity index (χ2n) is 9.06. The van der Waals surface area contributed by atoms with Gasteiger partial charge >= 0.3 is 0 Å². The van der Waals surface area contributed by atoms with E-state index in [0.717, 1.165) is 33.8 Å². The zero-order valence-corrected chi connectivity index (χ0v) is 21.9. The Morgan fingerprint density at radius 1 is 1.17 bits per heavy atom. The van der Waals surface area contributed by atoms with E-state index in [9.17, 15) is 5.26 Å². The zero-order chi connectivity index (χ0) is 25.8. The minimum atomic E-state index is 0.281. The van der Waals surface area contributed by atoms with Crippen LogP contribution >= 0.6 is 11.6 Å². The molecule has 4 aromatic rings. The smallest absolute Gasteiger partial charge is 0.182 e. The summed E-state index contributed by atoms with van der Waals surface area (Å²) in [6.45, 7) is 9.12. The molecule has 184 valence electrons. The lowest BCUT2D eigenvalue weighted by Crippen LogP contribution is -2.36. The first-order valence-electron chi connectivity index (χ1n) is 11.7. The Labute approximate surface area is 216 Å². The summed E-state index contributed by atoms with van der Waals surface area (Å²) in [5.41, 5.74) is 5.46. The van der Waals surface area contributed by atoms with Crippen LogP contribution in [0.3, 0.4) is 0 Å². The molecular formula is C27H29ClN8. The van der Waals surface area contributed by atoms with Gasteiger partial charge in [0, 0.05) is 30.7 Å². The van der Waals surface area contributed by atoms with E-state index < -0.39 is 0 Å². The number of rotatable bonds is 7. The molecule has 3 aromatic heterocycles. The van der Waals surface area contributed by atoms with Gasteiger partial charge in [0.15, 0.2) is 11.8 Å². The summed E-state index contributed by atoms with van der Waals surface area (Å²) >= 11 is 6.14. The van der Waals surface area contributed by atoms with Crippen LogP contribution in [-0.4, -0.2) is 32.1 Å². The van der Waals surface area contributed by atoms with Crippen molar-refractivity contribution in [2.75, 3.05) is 11.4 Å². The second kappa shape index (κ2) is 10.8. The van der Waals surface area contributed by atoms with Crippen LogP contribution < -0.4 is 10.2 Å². The highest BCUT2D eigenvalue weighted by molar-refractivity contribution is 6.29. The first kappa shape index (κ1) is 25.1. The highest BCUT2D eigenvalue weighted by atomic mass is 35.5. The van der Waals surface area contributed by atoms with E-state index in [4.69, 9.17) is 21.6 Å². The lowest BCUT2D eigenvalue weighted by molar-refractivity contribution is 0.769. The van der Waals surface area contributed by atoms with Gasteiger partial charge in [0.25, 0.3) is 0 Å². The summed E-state index contributed by atoms with van der Waals surface area (Å²) in [5.74, 6) is 1.54. The number of anilines is 1. The van der Waals surface area contributed by atoms with E-state index in [-0.39, 0.29) is 5.92 Å². The molecule has 0 fully saturated rings. The first-order chi connectivity index (χ1) is 17.2. The molecule has 9 heteroatoms. The number of aryl methyl sites for hydroxylation is 3. The summed E-state index contributed by atoms with van der Waals surface area (Å²) in [6.07, 6.45) is 2.02. The van der Waals surface area contributed by atoms with E-state index >= 15 is 0 Å². The maximum atomic E-state index is 9.47. The van der Waals surface area contributed by atoms with Crippen LogP contribution in [-0.2, 0) is 13.6 Å². The van der Waals surface area contributed by atoms with Crippen LogP contribution in [0, 0.1) is 25.3 Å². The van der Waals surface area contributed by atoms with Gasteiger partial charge in [-0.05, 0) is 43.0 Å². The third-order valence-electron chi connectivity index (χ3n) is 5.86. The Morgan fingerprint density at radius 3 is 2.58 bits per heavy atom. The van der Waals surface area contributed by atoms with Crippen LogP contribution in [0.2, 0.25) is 5.15 Å². The maximum Gasteiger partial charge on any atom is 0.182 e. The Hall–Kier alpha value is -3.96. The van der Waals surface area contributed by atoms with Crippen molar-refractivity contribution in [3.8, 4) is 6.19 Å². The van der Waals surface area contributed by atoms with Gasteiger partial charge in [0.05, 0.1) is 17.9 Å². The number of hydrogen-bond acceptors (Lipinski definition) is 6. The molecule has 4 rings (SSSR count). The average Bonchev–Trinajstić information content (AvgIpc) is 3.11. The third-order valence-corrected chi connectivity index (χ3v) is 6.05. The highest BCUT2D eigenvalue weighted by Gasteiger charge is 2.20. The van der Waals surface area contributed by atoms with Crippen molar-refractivity contribution in [3.05, 3.63) is 76.2 Å². The Morgan fingerprint density at radius 2 is 1.92 bits per heavy atom. The standard InChI is InChI=1S/C27H29ClN8/c1-17(2)22-13-25(33-27-26(22)19(4)34-35(27)5)36(14-20-9-7-6-8-10-20)15-24(30-16-29)32-21-11-18(3)31-23(28)12-21/h6-13,17H,14-15H2,1-5H3,(H,30,31,32). The van der Waals surface area contributed by atoms with Gasteiger partial charge in [-0.1, -0.05) is 55.8 Å². The zero-order valence-electron chi connectivity index (χ0n) is 21.1. The van der Waals surface area contributed by atoms with Crippen molar-refractivity contribution in [1.82, 2.24) is 25.1 Å². The normalized spacial score (nSPS) is 11.7. The van der Waals surface area contributed by atoms with Crippen molar-refractivity contribution >= 4 is 40.0 Å². The van der Waals surface area contributed by atoms with Crippen molar-refractivity contribution in [2.24, 2.45) is 12.0 Å². The molecule has 0 amide bonds. The largest absolute Gasteiger partial charge is 0.345 e. The molecule has 3 heterocycles. The fraction of sp³-hybridized carbons (Fsp3) is 0.296. The van der Waals surface area contributed by atoms with Crippen LogP contribution in [0.1, 0.15) is 42.3 Å². The minimum absolute atomic E-state index is 0.281. The summed E-state index contributed by atoms with van der Waals surface area (Å²) < 4.78 is 1.82. The maximum absolute atomic E-state index is 9.47. The van der Waals surface area contributed by atoms with Gasteiger partial charge in [-0.25, -0.2) is 15.0 Å². The van der Waals surface area contributed by atoms with Crippen LogP contribution in [0.4, 0.5) is 11.5 Å². The fourth-order valence-corrected chi connectivity index (χ4v) is 4.53.